The van der Waals surface area contributed by atoms with Gasteiger partial charge in [0.1, 0.15) is 15.8 Å². The summed E-state index contributed by atoms with van der Waals surface area (Å²) in [7, 11) is 5.51. The van der Waals surface area contributed by atoms with Crippen molar-refractivity contribution in [3.63, 3.8) is 0 Å². The van der Waals surface area contributed by atoms with Crippen LogP contribution in [-0.2, 0) is 10.0 Å². The number of rotatable bonds is 3. The first-order chi connectivity index (χ1) is 11.0. The van der Waals surface area contributed by atoms with Crippen LogP contribution in [0.4, 0.5) is 0 Å². The first kappa shape index (κ1) is 16.2. The van der Waals surface area contributed by atoms with Gasteiger partial charge in [-0.3, -0.25) is 9.36 Å². The lowest BCUT2D eigenvalue weighted by atomic mass is 10.2. The van der Waals surface area contributed by atoms with Gasteiger partial charge in [-0.15, -0.1) is 0 Å². The van der Waals surface area contributed by atoms with Gasteiger partial charge < -0.3 is 4.74 Å². The zero-order chi connectivity index (χ0) is 16.6. The van der Waals surface area contributed by atoms with Crippen LogP contribution in [0, 0.1) is 0 Å². The molecule has 0 spiro atoms. The summed E-state index contributed by atoms with van der Waals surface area (Å²) in [6.07, 6.45) is 1.21. The molecular formula is C15H10BrClN2O3S. The Morgan fingerprint density at radius 1 is 1.26 bits per heavy atom. The van der Waals surface area contributed by atoms with E-state index in [0.29, 0.717) is 27.4 Å². The summed E-state index contributed by atoms with van der Waals surface area (Å²) in [5.74, 6) is 0.541. The largest absolute Gasteiger partial charge is 0.495 e. The summed E-state index contributed by atoms with van der Waals surface area (Å²) in [6, 6.07) is 10.2. The summed E-state index contributed by atoms with van der Waals surface area (Å²) in [5.41, 5.74) is 1.38. The fraction of sp³-hybridized carbons (Fsp3) is 0.0667. The number of methoxy groups -OCH3 is 1. The first-order valence-electron chi connectivity index (χ1n) is 6.45. The van der Waals surface area contributed by atoms with Gasteiger partial charge in [0.05, 0.1) is 34.9 Å². The van der Waals surface area contributed by atoms with Crippen molar-refractivity contribution in [2.75, 3.05) is 7.11 Å². The minimum absolute atomic E-state index is 0.294. The third-order valence-corrected chi connectivity index (χ3v) is 4.94. The highest BCUT2D eigenvalue weighted by Crippen LogP contribution is 2.28. The fourth-order valence-corrected chi connectivity index (χ4v) is 3.29. The molecule has 1 heterocycles. The second kappa shape index (κ2) is 6.43. The van der Waals surface area contributed by atoms with E-state index in [1.807, 2.05) is 6.07 Å². The third kappa shape index (κ3) is 3.04. The van der Waals surface area contributed by atoms with Gasteiger partial charge >= 0.3 is 0 Å². The normalized spacial score (nSPS) is 12.3. The molecule has 5 nitrogen and oxygen atoms in total. The lowest BCUT2D eigenvalue weighted by Crippen LogP contribution is -2.19. The van der Waals surface area contributed by atoms with E-state index in [0.717, 1.165) is 4.47 Å². The molecular weight excluding hydrogens is 404 g/mol. The molecule has 118 valence electrons. The van der Waals surface area contributed by atoms with Crippen LogP contribution in [0.5, 0.6) is 5.75 Å². The molecule has 0 radical (unpaired) electrons. The van der Waals surface area contributed by atoms with E-state index >= 15 is 0 Å². The second-order valence-electron chi connectivity index (χ2n) is 4.62. The van der Waals surface area contributed by atoms with E-state index < -0.39 is 10.0 Å². The van der Waals surface area contributed by atoms with Crippen molar-refractivity contribution < 1.29 is 8.95 Å². The topological polar surface area (TPSA) is 61.2 Å². The van der Waals surface area contributed by atoms with Crippen molar-refractivity contribution in [2.45, 2.75) is 4.90 Å². The van der Waals surface area contributed by atoms with Gasteiger partial charge in [-0.1, -0.05) is 15.9 Å². The van der Waals surface area contributed by atoms with Gasteiger partial charge in [0.25, 0.3) is 5.56 Å². The Kier molecular flexibility index (Phi) is 4.52. The molecule has 1 aromatic heterocycles. The molecule has 2 aromatic carbocycles. The molecule has 0 aliphatic rings. The van der Waals surface area contributed by atoms with Gasteiger partial charge in [0.15, 0.2) is 0 Å². The summed E-state index contributed by atoms with van der Waals surface area (Å²) in [6.45, 7) is 0. The summed E-state index contributed by atoms with van der Waals surface area (Å²) < 4.78 is 19.1. The Balaban J connectivity index is 2.35. The predicted molar refractivity (Wildman–Crippen MR) is 93.9 cm³/mol. The molecule has 8 heteroatoms. The zero-order valence-electron chi connectivity index (χ0n) is 11.8. The fourth-order valence-electron chi connectivity index (χ4n) is 2.28. The highest BCUT2D eigenvalue weighted by atomic mass is 79.9. The maximum Gasteiger partial charge on any atom is 0.274 e. The van der Waals surface area contributed by atoms with E-state index in [1.54, 1.807) is 30.3 Å². The van der Waals surface area contributed by atoms with E-state index in [-0.39, 0.29) is 5.56 Å². The number of ether oxygens (including phenoxy) is 1. The Hall–Kier alpha value is -1.70. The molecule has 0 bridgehead atoms. The zero-order valence-corrected chi connectivity index (χ0v) is 15.0. The van der Waals surface area contributed by atoms with Crippen LogP contribution in [0.1, 0.15) is 0 Å². The van der Waals surface area contributed by atoms with Crippen LogP contribution in [0.15, 0.2) is 56.8 Å². The highest BCUT2D eigenvalue weighted by molar-refractivity contribution is 9.10. The highest BCUT2D eigenvalue weighted by Gasteiger charge is 2.13. The van der Waals surface area contributed by atoms with Crippen molar-refractivity contribution >= 4 is 47.7 Å². The van der Waals surface area contributed by atoms with Crippen LogP contribution < -0.4 is 10.3 Å². The standard InChI is InChI=1S/C15H10BrClN2O3S/c1-22-14-6-9(16)2-4-13(14)19-12-5-3-10(23(17)21)7-11(12)18-8-15(19)20/h2-8H,1H3. The summed E-state index contributed by atoms with van der Waals surface area (Å²) in [4.78, 5) is 16.9. The smallest absolute Gasteiger partial charge is 0.274 e. The monoisotopic (exact) mass is 412 g/mol. The number of nitrogens with zero attached hydrogens (tertiary/aromatic N) is 2. The van der Waals surface area contributed by atoms with Gasteiger partial charge in [-0.05, 0) is 47.1 Å². The Morgan fingerprint density at radius 3 is 2.74 bits per heavy atom. The molecule has 3 aromatic rings. The molecule has 1 atom stereocenters. The summed E-state index contributed by atoms with van der Waals surface area (Å²) >= 11 is 3.38. The number of hydrogen-bond acceptors (Lipinski definition) is 4. The predicted octanol–water partition coefficient (Wildman–Crippen LogP) is 3.42. The van der Waals surface area contributed by atoms with E-state index in [2.05, 4.69) is 20.9 Å². The Labute approximate surface area is 147 Å². The summed E-state index contributed by atoms with van der Waals surface area (Å²) in [5, 5.41) is 0. The second-order valence-corrected chi connectivity index (χ2v) is 7.30. The van der Waals surface area contributed by atoms with Gasteiger partial charge in [-0.25, -0.2) is 9.19 Å². The van der Waals surface area contributed by atoms with Gasteiger partial charge in [0.2, 0.25) is 0 Å². The third-order valence-electron chi connectivity index (χ3n) is 3.29. The van der Waals surface area contributed by atoms with Crippen LogP contribution >= 0.6 is 26.6 Å². The van der Waals surface area contributed by atoms with Crippen molar-refractivity contribution in [1.29, 1.82) is 0 Å². The Morgan fingerprint density at radius 2 is 2.04 bits per heavy atom. The number of aromatic nitrogens is 2. The van der Waals surface area contributed by atoms with Crippen molar-refractivity contribution in [2.24, 2.45) is 0 Å². The lowest BCUT2D eigenvalue weighted by Gasteiger charge is -2.14. The SMILES string of the molecule is COc1cc(Br)ccc1-n1c(=O)cnc2cc(S(=O)Cl)ccc21. The lowest BCUT2D eigenvalue weighted by molar-refractivity contribution is 0.412. The van der Waals surface area contributed by atoms with Crippen molar-refractivity contribution in [3.8, 4) is 11.4 Å². The molecule has 0 saturated carbocycles. The molecule has 0 N–H and O–H groups in total. The minimum atomic E-state index is -1.64. The van der Waals surface area contributed by atoms with Gasteiger partial charge in [-0.2, -0.15) is 0 Å². The van der Waals surface area contributed by atoms with E-state index in [9.17, 15) is 9.00 Å². The first-order valence-corrected chi connectivity index (χ1v) is 9.22. The molecule has 23 heavy (non-hydrogen) atoms. The Bertz CT molecular complexity index is 990. The number of hydrogen-bond donors (Lipinski definition) is 0. The average Bonchev–Trinajstić information content (AvgIpc) is 2.54. The van der Waals surface area contributed by atoms with Crippen molar-refractivity contribution in [3.05, 3.63) is 57.4 Å². The molecule has 0 fully saturated rings. The maximum absolute atomic E-state index is 12.4. The molecule has 0 aliphatic carbocycles. The quantitative estimate of drug-likeness (QED) is 0.617. The van der Waals surface area contributed by atoms with E-state index in [4.69, 9.17) is 15.4 Å². The molecule has 0 aliphatic heterocycles. The van der Waals surface area contributed by atoms with Crippen LogP contribution in [0.2, 0.25) is 0 Å². The molecule has 3 rings (SSSR count). The number of halogens is 2. The number of fused-ring (bicyclic) bond motifs is 1. The molecule has 0 amide bonds. The van der Waals surface area contributed by atoms with Crippen molar-refractivity contribution in [1.82, 2.24) is 9.55 Å². The van der Waals surface area contributed by atoms with Crippen LogP contribution in [-0.4, -0.2) is 20.9 Å². The van der Waals surface area contributed by atoms with Crippen LogP contribution in [0.3, 0.4) is 0 Å². The average molecular weight is 414 g/mol. The number of benzene rings is 2. The van der Waals surface area contributed by atoms with Gasteiger partial charge in [0, 0.05) is 4.47 Å². The molecule has 1 unspecified atom stereocenters. The van der Waals surface area contributed by atoms with Crippen LogP contribution in [0.25, 0.3) is 16.7 Å². The minimum Gasteiger partial charge on any atom is -0.495 e. The maximum atomic E-state index is 12.4. The molecule has 0 saturated heterocycles. The van der Waals surface area contributed by atoms with E-state index in [1.165, 1.54) is 17.9 Å².